The molecule has 1 amide bonds. The van der Waals surface area contributed by atoms with Crippen molar-refractivity contribution in [2.24, 2.45) is 0 Å². The van der Waals surface area contributed by atoms with Crippen LogP contribution in [-0.2, 0) is 12.7 Å². The van der Waals surface area contributed by atoms with Crippen LogP contribution in [0.15, 0.2) is 35.3 Å². The third kappa shape index (κ3) is 5.36. The molecule has 12 heteroatoms. The van der Waals surface area contributed by atoms with Crippen LogP contribution in [-0.4, -0.2) is 42.8 Å². The minimum Gasteiger partial charge on any atom is -0.492 e. The molecule has 1 aromatic heterocycles. The number of nitrogens with zero attached hydrogens (tertiary/aromatic N) is 2. The highest BCUT2D eigenvalue weighted by Gasteiger charge is 2.33. The van der Waals surface area contributed by atoms with Crippen LogP contribution < -0.4 is 25.7 Å². The zero-order valence-corrected chi connectivity index (χ0v) is 22.9. The van der Waals surface area contributed by atoms with Gasteiger partial charge >= 0.3 is 6.18 Å². The number of amides is 1. The fourth-order valence-electron chi connectivity index (χ4n) is 5.38. The molecule has 2 aliphatic rings. The number of pyridine rings is 1. The van der Waals surface area contributed by atoms with Gasteiger partial charge < -0.3 is 24.8 Å². The minimum atomic E-state index is -4.55. The van der Waals surface area contributed by atoms with Crippen molar-refractivity contribution >= 4 is 34.1 Å². The average molecular weight is 581 g/mol. The first-order valence-electron chi connectivity index (χ1n) is 13.0. The Bertz CT molecular complexity index is 1530. The number of halogens is 5. The summed E-state index contributed by atoms with van der Waals surface area (Å²) in [5.41, 5.74) is -0.835. The number of carbonyl (C=O) groups excluding carboxylic acids is 1. The van der Waals surface area contributed by atoms with Crippen molar-refractivity contribution in [3.63, 3.8) is 0 Å². The predicted octanol–water partition coefficient (Wildman–Crippen LogP) is 5.27. The highest BCUT2D eigenvalue weighted by atomic mass is 35.5. The van der Waals surface area contributed by atoms with Gasteiger partial charge in [-0.1, -0.05) is 17.7 Å². The summed E-state index contributed by atoms with van der Waals surface area (Å²) in [6.07, 6.45) is -1.46. The lowest BCUT2D eigenvalue weighted by Gasteiger charge is -2.38. The number of anilines is 1. The summed E-state index contributed by atoms with van der Waals surface area (Å²) in [5.74, 6) is -1.13. The summed E-state index contributed by atoms with van der Waals surface area (Å²) in [4.78, 5) is 28.6. The smallest absolute Gasteiger partial charge is 0.416 e. The number of carbonyl (C=O) groups is 1. The van der Waals surface area contributed by atoms with Crippen molar-refractivity contribution in [2.45, 2.75) is 57.5 Å². The van der Waals surface area contributed by atoms with E-state index in [2.05, 4.69) is 10.6 Å². The molecule has 0 bridgehead atoms. The average Bonchev–Trinajstić information content (AvgIpc) is 3.72. The van der Waals surface area contributed by atoms with Crippen LogP contribution in [0.5, 0.6) is 5.75 Å². The molecule has 2 N–H and O–H groups in total. The molecular formula is C28H29ClF4N4O3. The third-order valence-electron chi connectivity index (χ3n) is 7.28. The number of alkyl halides is 3. The van der Waals surface area contributed by atoms with E-state index in [1.165, 1.54) is 19.4 Å². The molecule has 0 spiro atoms. The SMILES string of the molecule is COc1c(N2C[C@@H](C)N[C@@H](C)C2)c(F)cc2c(=O)c(C(=O)NCc3ccc(C(F)(F)F)cc3Cl)cn(C3CC3)c12. The lowest BCUT2D eigenvalue weighted by molar-refractivity contribution is -0.137. The Kier molecular flexibility index (Phi) is 7.47. The van der Waals surface area contributed by atoms with E-state index >= 15 is 4.39 Å². The van der Waals surface area contributed by atoms with E-state index in [0.717, 1.165) is 31.0 Å². The van der Waals surface area contributed by atoms with E-state index < -0.39 is 28.9 Å². The molecule has 2 aromatic carbocycles. The maximum absolute atomic E-state index is 15.7. The van der Waals surface area contributed by atoms with Gasteiger partial charge in [0, 0.05) is 49.0 Å². The number of aromatic nitrogens is 1. The van der Waals surface area contributed by atoms with E-state index in [1.807, 2.05) is 18.7 Å². The Morgan fingerprint density at radius 1 is 1.18 bits per heavy atom. The van der Waals surface area contributed by atoms with Gasteiger partial charge in [-0.3, -0.25) is 9.59 Å². The number of hydrogen-bond donors (Lipinski definition) is 2. The van der Waals surface area contributed by atoms with Gasteiger partial charge in [0.25, 0.3) is 5.91 Å². The monoisotopic (exact) mass is 580 g/mol. The molecule has 2 fully saturated rings. The number of hydrogen-bond acceptors (Lipinski definition) is 5. The third-order valence-corrected chi connectivity index (χ3v) is 7.63. The molecule has 7 nitrogen and oxygen atoms in total. The van der Waals surface area contributed by atoms with Gasteiger partial charge in [0.15, 0.2) is 11.6 Å². The normalized spacial score (nSPS) is 19.6. The molecular weight excluding hydrogens is 552 g/mol. The Morgan fingerprint density at radius 3 is 2.42 bits per heavy atom. The molecule has 2 atom stereocenters. The molecule has 1 saturated carbocycles. The van der Waals surface area contributed by atoms with Crippen LogP contribution in [0.2, 0.25) is 5.02 Å². The molecule has 1 saturated heterocycles. The summed E-state index contributed by atoms with van der Waals surface area (Å²) in [6.45, 7) is 4.91. The first-order valence-corrected chi connectivity index (χ1v) is 13.4. The molecule has 214 valence electrons. The first-order chi connectivity index (χ1) is 18.9. The second kappa shape index (κ2) is 10.6. The van der Waals surface area contributed by atoms with Crippen molar-refractivity contribution in [3.05, 3.63) is 68.2 Å². The van der Waals surface area contributed by atoms with E-state index in [-0.39, 0.29) is 57.6 Å². The van der Waals surface area contributed by atoms with Crippen LogP contribution in [0.4, 0.5) is 23.2 Å². The van der Waals surface area contributed by atoms with Crippen LogP contribution in [0.3, 0.4) is 0 Å². The first kappa shape index (κ1) is 28.2. The Morgan fingerprint density at radius 2 is 1.85 bits per heavy atom. The van der Waals surface area contributed by atoms with E-state index in [4.69, 9.17) is 16.3 Å². The van der Waals surface area contributed by atoms with Crippen molar-refractivity contribution in [2.75, 3.05) is 25.1 Å². The van der Waals surface area contributed by atoms with Crippen molar-refractivity contribution in [1.29, 1.82) is 0 Å². The topological polar surface area (TPSA) is 75.6 Å². The van der Waals surface area contributed by atoms with Crippen molar-refractivity contribution in [1.82, 2.24) is 15.2 Å². The second-order valence-corrected chi connectivity index (χ2v) is 10.9. The van der Waals surface area contributed by atoms with Gasteiger partial charge in [0.2, 0.25) is 5.43 Å². The highest BCUT2D eigenvalue weighted by molar-refractivity contribution is 6.31. The fraction of sp³-hybridized carbons (Fsp3) is 0.429. The quantitative estimate of drug-likeness (QED) is 0.389. The van der Waals surface area contributed by atoms with Gasteiger partial charge in [0.1, 0.15) is 11.3 Å². The maximum Gasteiger partial charge on any atom is 0.416 e. The zero-order valence-electron chi connectivity index (χ0n) is 22.2. The highest BCUT2D eigenvalue weighted by Crippen LogP contribution is 2.44. The number of benzene rings is 2. The van der Waals surface area contributed by atoms with Crippen LogP contribution in [0.1, 0.15) is 54.2 Å². The molecule has 40 heavy (non-hydrogen) atoms. The van der Waals surface area contributed by atoms with Crippen LogP contribution >= 0.6 is 11.6 Å². The number of piperazine rings is 1. The van der Waals surface area contributed by atoms with E-state index in [9.17, 15) is 22.8 Å². The predicted molar refractivity (Wildman–Crippen MR) is 145 cm³/mol. The largest absolute Gasteiger partial charge is 0.492 e. The summed E-state index contributed by atoms with van der Waals surface area (Å²) >= 11 is 6.02. The molecule has 2 heterocycles. The number of rotatable bonds is 6. The number of nitrogens with one attached hydrogen (secondary N) is 2. The minimum absolute atomic E-state index is 0.00656. The number of fused-ring (bicyclic) bond motifs is 1. The van der Waals surface area contributed by atoms with Gasteiger partial charge in [-0.25, -0.2) is 4.39 Å². The second-order valence-electron chi connectivity index (χ2n) is 10.5. The molecule has 3 aromatic rings. The summed E-state index contributed by atoms with van der Waals surface area (Å²) in [6, 6.07) is 4.22. The van der Waals surface area contributed by atoms with Crippen LogP contribution in [0.25, 0.3) is 10.9 Å². The molecule has 0 unspecified atom stereocenters. The maximum atomic E-state index is 15.7. The number of ether oxygens (including phenoxy) is 1. The lowest BCUT2D eigenvalue weighted by atomic mass is 10.1. The molecule has 1 aliphatic carbocycles. The fourth-order valence-corrected chi connectivity index (χ4v) is 5.63. The summed E-state index contributed by atoms with van der Waals surface area (Å²) in [7, 11) is 1.43. The van der Waals surface area contributed by atoms with Gasteiger partial charge in [0.05, 0.1) is 23.6 Å². The molecule has 0 radical (unpaired) electrons. The van der Waals surface area contributed by atoms with E-state index in [1.54, 1.807) is 4.57 Å². The zero-order chi connectivity index (χ0) is 28.9. The van der Waals surface area contributed by atoms with Gasteiger partial charge in [-0.15, -0.1) is 0 Å². The molecule has 1 aliphatic heterocycles. The van der Waals surface area contributed by atoms with Gasteiger partial charge in [-0.2, -0.15) is 13.2 Å². The summed E-state index contributed by atoms with van der Waals surface area (Å²) in [5, 5.41) is 5.83. The Labute approximate surface area is 233 Å². The lowest BCUT2D eigenvalue weighted by Crippen LogP contribution is -2.54. The van der Waals surface area contributed by atoms with Crippen molar-refractivity contribution in [3.8, 4) is 5.75 Å². The Balaban J connectivity index is 1.53. The number of methoxy groups -OCH3 is 1. The van der Waals surface area contributed by atoms with Crippen LogP contribution in [0, 0.1) is 5.82 Å². The summed E-state index contributed by atoms with van der Waals surface area (Å²) < 4.78 is 62.1. The van der Waals surface area contributed by atoms with E-state index in [0.29, 0.717) is 18.6 Å². The van der Waals surface area contributed by atoms with Crippen molar-refractivity contribution < 1.29 is 27.1 Å². The Hall–Kier alpha value is -3.31. The molecule has 5 rings (SSSR count). The standard InChI is InChI=1S/C28H29ClF4N4O3/c1-14-11-36(12-15(2)35-14)24-22(30)9-19-23(26(24)40-3)37(18-6-7-18)13-20(25(19)38)27(39)34-10-16-4-5-17(8-21(16)29)28(31,32)33/h4-5,8-9,13-15,18,35H,6-7,10-12H2,1-3H3,(H,34,39)/t14-,15+. The van der Waals surface area contributed by atoms with Gasteiger partial charge in [-0.05, 0) is 50.5 Å².